The predicted molar refractivity (Wildman–Crippen MR) is 211 cm³/mol. The quantitative estimate of drug-likeness (QED) is 0.0861. The summed E-state index contributed by atoms with van der Waals surface area (Å²) in [4.78, 5) is 40.0. The van der Waals surface area contributed by atoms with Crippen molar-refractivity contribution in [3.8, 4) is 34.1 Å². The highest BCUT2D eigenvalue weighted by atomic mass is 16.5. The Kier molecular flexibility index (Phi) is 12.1. The van der Waals surface area contributed by atoms with Crippen molar-refractivity contribution in [2.24, 2.45) is 0 Å². The fourth-order valence-electron chi connectivity index (χ4n) is 5.99. The van der Waals surface area contributed by atoms with Crippen molar-refractivity contribution < 1.29 is 32.6 Å². The highest BCUT2D eigenvalue weighted by Gasteiger charge is 2.16. The monoisotopic (exact) mass is 737 g/mol. The molecular weight excluding hydrogens is 698 g/mol. The zero-order valence-electron chi connectivity index (χ0n) is 30.1. The van der Waals surface area contributed by atoms with Crippen LogP contribution in [0.4, 0.5) is 0 Å². The van der Waals surface area contributed by atoms with Gasteiger partial charge in [0.25, 0.3) is 5.91 Å². The van der Waals surface area contributed by atoms with Crippen LogP contribution in [0, 0.1) is 0 Å². The SMILES string of the molecule is O=C(c1ccccc1)N(CCOCCOc1ccc(-c2cc(=O)c3ccccc3o2)cc1)CCOCCOc1ccc(-c2cc(=O)c3ccccc3o2)cc1. The van der Waals surface area contributed by atoms with E-state index >= 15 is 0 Å². The van der Waals surface area contributed by atoms with E-state index < -0.39 is 0 Å². The molecule has 0 bridgehead atoms. The lowest BCUT2D eigenvalue weighted by Crippen LogP contribution is -2.37. The molecule has 0 radical (unpaired) electrons. The average molecular weight is 738 g/mol. The van der Waals surface area contributed by atoms with Crippen LogP contribution in [0.15, 0.2) is 158 Å². The molecule has 0 atom stereocenters. The fraction of sp³-hybridized carbons (Fsp3) is 0.178. The first kappa shape index (κ1) is 36.9. The summed E-state index contributed by atoms with van der Waals surface area (Å²) in [6.45, 7) is 2.71. The summed E-state index contributed by atoms with van der Waals surface area (Å²) in [6, 6.07) is 41.1. The van der Waals surface area contributed by atoms with E-state index in [1.807, 2.05) is 91.0 Å². The van der Waals surface area contributed by atoms with Crippen LogP contribution in [0.25, 0.3) is 44.6 Å². The molecule has 0 saturated carbocycles. The number of carbonyl (C=O) groups is 1. The van der Waals surface area contributed by atoms with Crippen LogP contribution in [0.3, 0.4) is 0 Å². The maximum absolute atomic E-state index is 13.3. The molecule has 0 aliphatic rings. The Bertz CT molecular complexity index is 2310. The lowest BCUT2D eigenvalue weighted by molar-refractivity contribution is 0.0441. The summed E-state index contributed by atoms with van der Waals surface area (Å²) in [5.41, 5.74) is 3.03. The van der Waals surface area contributed by atoms with Gasteiger partial charge in [-0.2, -0.15) is 0 Å². The van der Waals surface area contributed by atoms with Crippen molar-refractivity contribution in [2.45, 2.75) is 0 Å². The number of hydrogen-bond acceptors (Lipinski definition) is 9. The highest BCUT2D eigenvalue weighted by molar-refractivity contribution is 5.94. The van der Waals surface area contributed by atoms with E-state index in [0.29, 0.717) is 103 Å². The highest BCUT2D eigenvalue weighted by Crippen LogP contribution is 2.26. The zero-order chi connectivity index (χ0) is 37.8. The van der Waals surface area contributed by atoms with Crippen molar-refractivity contribution in [3.05, 3.63) is 166 Å². The molecule has 0 saturated heterocycles. The molecule has 7 rings (SSSR count). The smallest absolute Gasteiger partial charge is 0.254 e. The van der Waals surface area contributed by atoms with E-state index in [0.717, 1.165) is 11.1 Å². The van der Waals surface area contributed by atoms with Crippen LogP contribution in [0.1, 0.15) is 10.4 Å². The third-order valence-corrected chi connectivity index (χ3v) is 8.86. The summed E-state index contributed by atoms with van der Waals surface area (Å²) in [7, 11) is 0. The Balaban J connectivity index is 0.831. The Morgan fingerprint density at radius 1 is 0.491 bits per heavy atom. The number of carbonyl (C=O) groups excluding carboxylic acids is 1. The molecular formula is C45H39NO9. The second-order valence-corrected chi connectivity index (χ2v) is 12.6. The number of amides is 1. The molecule has 1 amide bonds. The number of para-hydroxylation sites is 2. The first-order valence-corrected chi connectivity index (χ1v) is 18.0. The number of fused-ring (bicyclic) bond motifs is 2. The summed E-state index contributed by atoms with van der Waals surface area (Å²) >= 11 is 0. The van der Waals surface area contributed by atoms with E-state index in [-0.39, 0.29) is 16.8 Å². The zero-order valence-corrected chi connectivity index (χ0v) is 30.1. The van der Waals surface area contributed by atoms with Crippen molar-refractivity contribution in [1.82, 2.24) is 4.90 Å². The van der Waals surface area contributed by atoms with Crippen LogP contribution >= 0.6 is 0 Å². The van der Waals surface area contributed by atoms with Gasteiger partial charge in [0, 0.05) is 41.9 Å². The fourth-order valence-corrected chi connectivity index (χ4v) is 5.99. The van der Waals surface area contributed by atoms with Crippen LogP contribution in [0.2, 0.25) is 0 Å². The van der Waals surface area contributed by atoms with E-state index in [4.69, 9.17) is 27.8 Å². The van der Waals surface area contributed by atoms with Crippen molar-refractivity contribution in [3.63, 3.8) is 0 Å². The molecule has 0 spiro atoms. The molecule has 0 unspecified atom stereocenters. The minimum Gasteiger partial charge on any atom is -0.491 e. The van der Waals surface area contributed by atoms with E-state index in [9.17, 15) is 14.4 Å². The molecule has 5 aromatic carbocycles. The van der Waals surface area contributed by atoms with Gasteiger partial charge in [0.1, 0.15) is 47.4 Å². The number of ether oxygens (including phenoxy) is 4. The van der Waals surface area contributed by atoms with Gasteiger partial charge in [0.05, 0.1) is 37.2 Å². The number of benzene rings is 5. The minimum absolute atomic E-state index is 0.0903. The topological polar surface area (TPSA) is 118 Å². The van der Waals surface area contributed by atoms with Crippen molar-refractivity contribution in [1.29, 1.82) is 0 Å². The van der Waals surface area contributed by atoms with Gasteiger partial charge in [-0.3, -0.25) is 14.4 Å². The minimum atomic E-state index is -0.107. The Labute approximate surface area is 317 Å². The molecule has 7 aromatic rings. The van der Waals surface area contributed by atoms with Crippen molar-refractivity contribution >= 4 is 27.8 Å². The second-order valence-electron chi connectivity index (χ2n) is 12.6. The van der Waals surface area contributed by atoms with E-state index in [2.05, 4.69) is 0 Å². The average Bonchev–Trinajstić information content (AvgIpc) is 3.23. The number of rotatable bonds is 17. The van der Waals surface area contributed by atoms with Gasteiger partial charge in [0.2, 0.25) is 0 Å². The molecule has 10 heteroatoms. The summed E-state index contributed by atoms with van der Waals surface area (Å²) in [6.07, 6.45) is 0. The van der Waals surface area contributed by atoms with Gasteiger partial charge in [-0.05, 0) is 84.9 Å². The molecule has 278 valence electrons. The maximum Gasteiger partial charge on any atom is 0.254 e. The Morgan fingerprint density at radius 3 is 1.40 bits per heavy atom. The van der Waals surface area contributed by atoms with Gasteiger partial charge in [-0.15, -0.1) is 0 Å². The van der Waals surface area contributed by atoms with E-state index in [1.54, 1.807) is 41.3 Å². The lowest BCUT2D eigenvalue weighted by Gasteiger charge is -2.23. The molecule has 55 heavy (non-hydrogen) atoms. The normalized spacial score (nSPS) is 11.1. The molecule has 10 nitrogen and oxygen atoms in total. The maximum atomic E-state index is 13.3. The van der Waals surface area contributed by atoms with Gasteiger partial charge in [-0.25, -0.2) is 0 Å². The van der Waals surface area contributed by atoms with Crippen LogP contribution in [0.5, 0.6) is 11.5 Å². The first-order chi connectivity index (χ1) is 27.0. The molecule has 0 N–H and O–H groups in total. The molecule has 2 heterocycles. The molecule has 2 aromatic heterocycles. The van der Waals surface area contributed by atoms with Crippen LogP contribution in [-0.2, 0) is 9.47 Å². The largest absolute Gasteiger partial charge is 0.491 e. The molecule has 0 aliphatic heterocycles. The van der Waals surface area contributed by atoms with Gasteiger partial charge in [-0.1, -0.05) is 42.5 Å². The third kappa shape index (κ3) is 9.55. The summed E-state index contributed by atoms with van der Waals surface area (Å²) < 4.78 is 35.2. The van der Waals surface area contributed by atoms with Crippen LogP contribution < -0.4 is 20.3 Å². The van der Waals surface area contributed by atoms with Gasteiger partial charge in [0.15, 0.2) is 10.9 Å². The summed E-state index contributed by atoms with van der Waals surface area (Å²) in [5.74, 6) is 2.19. The van der Waals surface area contributed by atoms with Crippen molar-refractivity contribution in [2.75, 3.05) is 52.7 Å². The Hall–Kier alpha value is -6.49. The predicted octanol–water partition coefficient (Wildman–Crippen LogP) is 7.87. The Morgan fingerprint density at radius 2 is 0.927 bits per heavy atom. The molecule has 0 fully saturated rings. The van der Waals surface area contributed by atoms with E-state index in [1.165, 1.54) is 12.1 Å². The standard InChI is InChI=1S/C45H39NO9/c47-39-30-43(54-41-12-6-4-10-37(39)41)32-14-18-35(19-15-32)52-28-26-50-24-22-46(45(49)34-8-2-1-3-9-34)23-25-51-27-29-53-36-20-16-33(17-21-36)44-31-40(48)38-11-5-7-13-42(38)55-44/h1-21,30-31H,22-29H2. The first-order valence-electron chi connectivity index (χ1n) is 18.0. The lowest BCUT2D eigenvalue weighted by atomic mass is 10.1. The van der Waals surface area contributed by atoms with Gasteiger partial charge >= 0.3 is 0 Å². The number of hydrogen-bond donors (Lipinski definition) is 0. The third-order valence-electron chi connectivity index (χ3n) is 8.86. The van der Waals surface area contributed by atoms with Crippen LogP contribution in [-0.4, -0.2) is 63.5 Å². The number of nitrogens with zero attached hydrogens (tertiary/aromatic N) is 1. The second kappa shape index (κ2) is 18.0. The van der Waals surface area contributed by atoms with Gasteiger partial charge < -0.3 is 32.7 Å². The molecule has 0 aliphatic carbocycles. The summed E-state index contributed by atoms with van der Waals surface area (Å²) in [5, 5.41) is 1.09.